The van der Waals surface area contributed by atoms with Gasteiger partial charge in [0.05, 0.1) is 16.8 Å². The molecule has 3 aromatic rings. The third-order valence-electron chi connectivity index (χ3n) is 3.49. The lowest BCUT2D eigenvalue weighted by Gasteiger charge is -2.19. The summed E-state index contributed by atoms with van der Waals surface area (Å²) in [5, 5.41) is 0.756. The second kappa shape index (κ2) is 3.38. The van der Waals surface area contributed by atoms with E-state index in [4.69, 9.17) is 5.73 Å². The quantitative estimate of drug-likeness (QED) is 0.484. The molecule has 90 valence electrons. The summed E-state index contributed by atoms with van der Waals surface area (Å²) in [5.41, 5.74) is 9.99. The number of carbonyl (C=O) groups excluding carboxylic acids is 1. The summed E-state index contributed by atoms with van der Waals surface area (Å²) < 4.78 is 0. The van der Waals surface area contributed by atoms with Crippen LogP contribution in [0.1, 0.15) is 15.9 Å². The van der Waals surface area contributed by atoms with Crippen molar-refractivity contribution in [1.82, 2.24) is 9.97 Å². The SMILES string of the molecule is Nc1ccc2ncnc3c2c1C(=O)c1ccccc1-3. The molecule has 2 aromatic carbocycles. The van der Waals surface area contributed by atoms with Gasteiger partial charge >= 0.3 is 0 Å². The van der Waals surface area contributed by atoms with Crippen LogP contribution in [0, 0.1) is 0 Å². The summed E-state index contributed by atoms with van der Waals surface area (Å²) in [5.74, 6) is -0.0546. The second-order valence-electron chi connectivity index (χ2n) is 4.52. The van der Waals surface area contributed by atoms with Gasteiger partial charge in [-0.3, -0.25) is 4.79 Å². The van der Waals surface area contributed by atoms with Crippen molar-refractivity contribution in [3.8, 4) is 11.3 Å². The van der Waals surface area contributed by atoms with Crippen LogP contribution in [0.5, 0.6) is 0 Å². The average Bonchev–Trinajstić information content (AvgIpc) is 2.45. The number of nitrogens with two attached hydrogens (primary N) is 1. The minimum atomic E-state index is -0.0546. The van der Waals surface area contributed by atoms with Crippen LogP contribution in [0.25, 0.3) is 22.2 Å². The van der Waals surface area contributed by atoms with Crippen molar-refractivity contribution in [3.05, 3.63) is 53.9 Å². The fraction of sp³-hybridized carbons (Fsp3) is 0. The monoisotopic (exact) mass is 247 g/mol. The van der Waals surface area contributed by atoms with Crippen LogP contribution in [-0.2, 0) is 0 Å². The van der Waals surface area contributed by atoms with Gasteiger partial charge < -0.3 is 5.73 Å². The first-order valence-corrected chi connectivity index (χ1v) is 5.94. The van der Waals surface area contributed by atoms with Crippen LogP contribution in [0.2, 0.25) is 0 Å². The minimum Gasteiger partial charge on any atom is -0.398 e. The van der Waals surface area contributed by atoms with Gasteiger partial charge in [-0.25, -0.2) is 9.97 Å². The molecule has 0 bridgehead atoms. The Balaban J connectivity index is 2.30. The predicted molar refractivity (Wildman–Crippen MR) is 72.8 cm³/mol. The third kappa shape index (κ3) is 1.20. The Morgan fingerprint density at radius 1 is 0.947 bits per heavy atom. The van der Waals surface area contributed by atoms with E-state index in [1.165, 1.54) is 6.33 Å². The van der Waals surface area contributed by atoms with Crippen LogP contribution in [0.4, 0.5) is 5.69 Å². The van der Waals surface area contributed by atoms with Crippen molar-refractivity contribution in [1.29, 1.82) is 0 Å². The minimum absolute atomic E-state index is 0.0546. The number of aromatic nitrogens is 2. The highest BCUT2D eigenvalue weighted by atomic mass is 16.1. The predicted octanol–water partition coefficient (Wildman–Crippen LogP) is 2.42. The van der Waals surface area contributed by atoms with Gasteiger partial charge in [0, 0.05) is 22.2 Å². The molecule has 0 spiro atoms. The Morgan fingerprint density at radius 2 is 1.74 bits per heavy atom. The number of anilines is 1. The van der Waals surface area contributed by atoms with Gasteiger partial charge in [0.25, 0.3) is 0 Å². The number of rotatable bonds is 0. The summed E-state index contributed by atoms with van der Waals surface area (Å²) in [4.78, 5) is 21.1. The molecule has 1 aliphatic carbocycles. The standard InChI is InChI=1S/C15H9N3O/c16-10-5-6-11-13-12(10)15(19)9-4-2-1-3-8(9)14(13)18-7-17-11/h1-7H,16H2. The van der Waals surface area contributed by atoms with E-state index in [0.717, 1.165) is 22.2 Å². The zero-order chi connectivity index (χ0) is 13.0. The molecule has 4 heteroatoms. The lowest BCUT2D eigenvalue weighted by molar-refractivity contribution is 0.104. The fourth-order valence-corrected chi connectivity index (χ4v) is 2.64. The lowest BCUT2D eigenvalue weighted by atomic mass is 9.86. The lowest BCUT2D eigenvalue weighted by Crippen LogP contribution is -2.13. The van der Waals surface area contributed by atoms with E-state index < -0.39 is 0 Å². The van der Waals surface area contributed by atoms with Gasteiger partial charge in [-0.1, -0.05) is 24.3 Å². The molecule has 0 atom stereocenters. The number of fused-ring (bicyclic) bond motifs is 2. The summed E-state index contributed by atoms with van der Waals surface area (Å²) in [6.07, 6.45) is 1.52. The van der Waals surface area contributed by atoms with Crippen LogP contribution in [0.15, 0.2) is 42.7 Å². The number of hydrogen-bond acceptors (Lipinski definition) is 4. The maximum absolute atomic E-state index is 12.6. The third-order valence-corrected chi connectivity index (χ3v) is 3.49. The number of nitrogens with zero attached hydrogens (tertiary/aromatic N) is 2. The molecular formula is C15H9N3O. The largest absolute Gasteiger partial charge is 0.398 e. The van der Waals surface area contributed by atoms with Gasteiger partial charge in [-0.15, -0.1) is 0 Å². The van der Waals surface area contributed by atoms with Crippen LogP contribution in [0.3, 0.4) is 0 Å². The van der Waals surface area contributed by atoms with Crippen molar-refractivity contribution >= 4 is 22.4 Å². The van der Waals surface area contributed by atoms with Crippen LogP contribution >= 0.6 is 0 Å². The maximum atomic E-state index is 12.6. The molecule has 0 amide bonds. The zero-order valence-corrected chi connectivity index (χ0v) is 9.92. The first-order chi connectivity index (χ1) is 9.27. The van der Waals surface area contributed by atoms with Gasteiger partial charge in [0.2, 0.25) is 0 Å². The van der Waals surface area contributed by atoms with E-state index in [0.29, 0.717) is 16.8 Å². The molecule has 4 rings (SSSR count). The summed E-state index contributed by atoms with van der Waals surface area (Å²) >= 11 is 0. The van der Waals surface area contributed by atoms with Crippen molar-refractivity contribution in [2.75, 3.05) is 5.73 Å². The highest BCUT2D eigenvalue weighted by Gasteiger charge is 2.27. The molecule has 19 heavy (non-hydrogen) atoms. The number of benzene rings is 2. The van der Waals surface area contributed by atoms with E-state index in [-0.39, 0.29) is 5.78 Å². The Morgan fingerprint density at radius 3 is 2.58 bits per heavy atom. The molecule has 1 aromatic heterocycles. The number of hydrogen-bond donors (Lipinski definition) is 1. The van der Waals surface area contributed by atoms with E-state index in [2.05, 4.69) is 9.97 Å². The molecule has 0 radical (unpaired) electrons. The molecule has 0 aliphatic heterocycles. The summed E-state index contributed by atoms with van der Waals surface area (Å²) in [6, 6.07) is 11.0. The molecule has 2 N–H and O–H groups in total. The normalized spacial score (nSPS) is 12.5. The van der Waals surface area contributed by atoms with E-state index in [9.17, 15) is 4.79 Å². The molecule has 0 saturated carbocycles. The van der Waals surface area contributed by atoms with Crippen molar-refractivity contribution in [2.45, 2.75) is 0 Å². The maximum Gasteiger partial charge on any atom is 0.196 e. The van der Waals surface area contributed by atoms with Crippen LogP contribution in [-0.4, -0.2) is 15.8 Å². The Kier molecular flexibility index (Phi) is 1.82. The Bertz CT molecular complexity index is 855. The zero-order valence-electron chi connectivity index (χ0n) is 9.92. The van der Waals surface area contributed by atoms with Gasteiger partial charge in [0.15, 0.2) is 5.78 Å². The Labute approximate surface area is 108 Å². The molecule has 1 heterocycles. The van der Waals surface area contributed by atoms with Crippen molar-refractivity contribution in [2.24, 2.45) is 0 Å². The molecule has 1 aliphatic rings. The molecule has 0 unspecified atom stereocenters. The summed E-state index contributed by atoms with van der Waals surface area (Å²) in [7, 11) is 0. The fourth-order valence-electron chi connectivity index (χ4n) is 2.64. The Hall–Kier alpha value is -2.75. The second-order valence-corrected chi connectivity index (χ2v) is 4.52. The van der Waals surface area contributed by atoms with Gasteiger partial charge in [-0.05, 0) is 12.1 Å². The number of nitrogen functional groups attached to an aromatic ring is 1. The summed E-state index contributed by atoms with van der Waals surface area (Å²) in [6.45, 7) is 0. The van der Waals surface area contributed by atoms with E-state index in [1.54, 1.807) is 12.1 Å². The van der Waals surface area contributed by atoms with Crippen LogP contribution < -0.4 is 5.73 Å². The van der Waals surface area contributed by atoms with E-state index in [1.807, 2.05) is 24.3 Å². The van der Waals surface area contributed by atoms with E-state index >= 15 is 0 Å². The molecule has 0 saturated heterocycles. The highest BCUT2D eigenvalue weighted by molar-refractivity contribution is 6.27. The number of ketones is 1. The van der Waals surface area contributed by atoms with Crippen molar-refractivity contribution in [3.63, 3.8) is 0 Å². The van der Waals surface area contributed by atoms with Crippen molar-refractivity contribution < 1.29 is 4.79 Å². The topological polar surface area (TPSA) is 68.9 Å². The average molecular weight is 247 g/mol. The smallest absolute Gasteiger partial charge is 0.196 e. The number of carbonyl (C=O) groups is 1. The van der Waals surface area contributed by atoms with Gasteiger partial charge in [0.1, 0.15) is 6.33 Å². The first-order valence-electron chi connectivity index (χ1n) is 5.94. The van der Waals surface area contributed by atoms with Gasteiger partial charge in [-0.2, -0.15) is 0 Å². The highest BCUT2D eigenvalue weighted by Crippen LogP contribution is 2.39. The molecule has 0 fully saturated rings. The molecule has 4 nitrogen and oxygen atoms in total. The molecular weight excluding hydrogens is 238 g/mol. The first kappa shape index (κ1) is 10.2.